The number of benzene rings is 1. The molecule has 3 heteroatoms. The molecular formula is C10H13NOS. The Kier molecular flexibility index (Phi) is 4.43. The number of ether oxygens (including phenoxy) is 1. The summed E-state index contributed by atoms with van der Waals surface area (Å²) < 4.78 is 5.23. The lowest BCUT2D eigenvalue weighted by molar-refractivity contribution is 0.176. The number of hydrogen-bond donors (Lipinski definition) is 1. The average molecular weight is 195 g/mol. The number of thiocarbonyl (C=S) groups is 1. The van der Waals surface area contributed by atoms with E-state index in [0.29, 0.717) is 18.2 Å². The third-order valence-electron chi connectivity index (χ3n) is 1.62. The van der Waals surface area contributed by atoms with Crippen LogP contribution in [0.25, 0.3) is 0 Å². The summed E-state index contributed by atoms with van der Waals surface area (Å²) in [6.07, 6.45) is 0.906. The summed E-state index contributed by atoms with van der Waals surface area (Å²) in [5, 5.41) is 0. The van der Waals surface area contributed by atoms with E-state index in [9.17, 15) is 0 Å². The summed E-state index contributed by atoms with van der Waals surface area (Å²) in [7, 11) is 0. The molecule has 0 fully saturated rings. The Morgan fingerprint density at radius 3 is 2.62 bits per heavy atom. The Hall–Kier alpha value is -0.930. The molecule has 70 valence electrons. The molecule has 0 saturated heterocycles. The minimum atomic E-state index is 0.377. The third kappa shape index (κ3) is 4.60. The summed E-state index contributed by atoms with van der Waals surface area (Å²) >= 11 is 4.68. The Labute approximate surface area is 83.7 Å². The van der Waals surface area contributed by atoms with Crippen LogP contribution in [0, 0.1) is 0 Å². The van der Waals surface area contributed by atoms with Gasteiger partial charge in [0, 0.05) is 0 Å². The highest BCUT2D eigenvalue weighted by Crippen LogP contribution is 1.99. The smallest absolute Gasteiger partial charge is 0.0989 e. The first kappa shape index (κ1) is 10.2. The zero-order chi connectivity index (χ0) is 9.52. The Balaban J connectivity index is 2.17. The van der Waals surface area contributed by atoms with Gasteiger partial charge in [0.2, 0.25) is 0 Å². The maximum absolute atomic E-state index is 5.28. The average Bonchev–Trinajstić information content (AvgIpc) is 2.14. The Morgan fingerprint density at radius 1 is 1.31 bits per heavy atom. The molecule has 0 aliphatic rings. The van der Waals surface area contributed by atoms with Crippen molar-refractivity contribution in [2.75, 3.05) is 13.2 Å². The second-order valence-corrected chi connectivity index (χ2v) is 3.28. The van der Waals surface area contributed by atoms with Gasteiger partial charge < -0.3 is 10.5 Å². The van der Waals surface area contributed by atoms with Crippen molar-refractivity contribution in [1.29, 1.82) is 0 Å². The van der Waals surface area contributed by atoms with Gasteiger partial charge in [-0.3, -0.25) is 0 Å². The lowest BCUT2D eigenvalue weighted by Crippen LogP contribution is -2.16. The molecule has 1 rings (SSSR count). The van der Waals surface area contributed by atoms with Crippen LogP contribution in [0.1, 0.15) is 5.56 Å². The van der Waals surface area contributed by atoms with E-state index in [1.165, 1.54) is 5.56 Å². The fourth-order valence-corrected chi connectivity index (χ4v) is 1.09. The van der Waals surface area contributed by atoms with Crippen LogP contribution in [0.5, 0.6) is 0 Å². The molecule has 0 spiro atoms. The highest BCUT2D eigenvalue weighted by molar-refractivity contribution is 7.80. The maximum atomic E-state index is 5.28. The number of nitrogens with two attached hydrogens (primary N) is 1. The topological polar surface area (TPSA) is 35.2 Å². The molecule has 2 N–H and O–H groups in total. The van der Waals surface area contributed by atoms with Gasteiger partial charge in [-0.15, -0.1) is 0 Å². The summed E-state index contributed by atoms with van der Waals surface area (Å²) in [6, 6.07) is 10.2. The molecule has 0 unspecified atom stereocenters. The number of hydrogen-bond acceptors (Lipinski definition) is 2. The van der Waals surface area contributed by atoms with Crippen LogP contribution in [0.4, 0.5) is 0 Å². The highest BCUT2D eigenvalue weighted by Gasteiger charge is 1.92. The lowest BCUT2D eigenvalue weighted by Gasteiger charge is -2.02. The van der Waals surface area contributed by atoms with E-state index in [4.69, 9.17) is 10.5 Å². The van der Waals surface area contributed by atoms with E-state index in [1.54, 1.807) is 0 Å². The summed E-state index contributed by atoms with van der Waals surface area (Å²) in [4.78, 5) is 0.410. The van der Waals surface area contributed by atoms with Gasteiger partial charge in [-0.05, 0) is 12.0 Å². The molecular weight excluding hydrogens is 182 g/mol. The van der Waals surface area contributed by atoms with Crippen molar-refractivity contribution in [3.63, 3.8) is 0 Å². The van der Waals surface area contributed by atoms with E-state index in [1.807, 2.05) is 18.2 Å². The normalized spacial score (nSPS) is 9.85. The predicted molar refractivity (Wildman–Crippen MR) is 57.8 cm³/mol. The molecule has 2 nitrogen and oxygen atoms in total. The minimum Gasteiger partial charge on any atom is -0.391 e. The first-order valence-corrected chi connectivity index (χ1v) is 4.60. The van der Waals surface area contributed by atoms with Crippen molar-refractivity contribution in [2.45, 2.75) is 6.42 Å². The molecule has 13 heavy (non-hydrogen) atoms. The van der Waals surface area contributed by atoms with Crippen LogP contribution in [0.2, 0.25) is 0 Å². The van der Waals surface area contributed by atoms with E-state index in [-0.39, 0.29) is 0 Å². The van der Waals surface area contributed by atoms with Gasteiger partial charge in [-0.25, -0.2) is 0 Å². The van der Waals surface area contributed by atoms with E-state index in [0.717, 1.165) is 6.42 Å². The zero-order valence-corrected chi connectivity index (χ0v) is 8.22. The zero-order valence-electron chi connectivity index (χ0n) is 7.40. The van der Waals surface area contributed by atoms with Gasteiger partial charge in [0.15, 0.2) is 0 Å². The SMILES string of the molecule is NC(=S)COCCc1ccccc1. The summed E-state index contributed by atoms with van der Waals surface area (Å²) in [6.45, 7) is 1.05. The van der Waals surface area contributed by atoms with Crippen LogP contribution in [0.3, 0.4) is 0 Å². The van der Waals surface area contributed by atoms with Gasteiger partial charge in [-0.2, -0.15) is 0 Å². The van der Waals surface area contributed by atoms with Crippen LogP contribution >= 0.6 is 12.2 Å². The van der Waals surface area contributed by atoms with Crippen molar-refractivity contribution >= 4 is 17.2 Å². The second-order valence-electron chi connectivity index (χ2n) is 2.75. The van der Waals surface area contributed by atoms with Gasteiger partial charge in [-0.1, -0.05) is 42.5 Å². The summed E-state index contributed by atoms with van der Waals surface area (Å²) in [5.41, 5.74) is 6.55. The van der Waals surface area contributed by atoms with E-state index >= 15 is 0 Å². The van der Waals surface area contributed by atoms with Crippen molar-refractivity contribution in [3.8, 4) is 0 Å². The second kappa shape index (κ2) is 5.67. The third-order valence-corrected chi connectivity index (χ3v) is 1.74. The van der Waals surface area contributed by atoms with Crippen LogP contribution < -0.4 is 5.73 Å². The highest BCUT2D eigenvalue weighted by atomic mass is 32.1. The first-order valence-electron chi connectivity index (χ1n) is 4.19. The molecule has 1 aromatic rings. The number of rotatable bonds is 5. The largest absolute Gasteiger partial charge is 0.391 e. The van der Waals surface area contributed by atoms with Crippen LogP contribution in [0.15, 0.2) is 30.3 Å². The van der Waals surface area contributed by atoms with Crippen molar-refractivity contribution < 1.29 is 4.74 Å². The Bertz CT molecular complexity index is 261. The van der Waals surface area contributed by atoms with E-state index in [2.05, 4.69) is 24.4 Å². The standard InChI is InChI=1S/C10H13NOS/c11-10(13)8-12-7-6-9-4-2-1-3-5-9/h1-5H,6-8H2,(H2,11,13). The Morgan fingerprint density at radius 2 is 2.00 bits per heavy atom. The maximum Gasteiger partial charge on any atom is 0.0989 e. The minimum absolute atomic E-state index is 0.377. The van der Waals surface area contributed by atoms with Crippen molar-refractivity contribution in [2.24, 2.45) is 5.73 Å². The molecule has 0 bridgehead atoms. The fourth-order valence-electron chi connectivity index (χ4n) is 1.01. The molecule has 0 aliphatic heterocycles. The van der Waals surface area contributed by atoms with Crippen LogP contribution in [-0.4, -0.2) is 18.2 Å². The molecule has 1 aromatic carbocycles. The van der Waals surface area contributed by atoms with Gasteiger partial charge >= 0.3 is 0 Å². The molecule has 0 heterocycles. The van der Waals surface area contributed by atoms with Crippen molar-refractivity contribution in [3.05, 3.63) is 35.9 Å². The predicted octanol–water partition coefficient (Wildman–Crippen LogP) is 1.53. The molecule has 0 aliphatic carbocycles. The summed E-state index contributed by atoms with van der Waals surface area (Å²) in [5.74, 6) is 0. The lowest BCUT2D eigenvalue weighted by atomic mass is 10.2. The van der Waals surface area contributed by atoms with Crippen molar-refractivity contribution in [1.82, 2.24) is 0 Å². The van der Waals surface area contributed by atoms with Crippen LogP contribution in [-0.2, 0) is 11.2 Å². The first-order chi connectivity index (χ1) is 6.29. The van der Waals surface area contributed by atoms with Gasteiger partial charge in [0.05, 0.1) is 18.2 Å². The van der Waals surface area contributed by atoms with Gasteiger partial charge in [0.25, 0.3) is 0 Å². The molecule has 0 saturated carbocycles. The molecule has 0 atom stereocenters. The molecule has 0 aromatic heterocycles. The quantitative estimate of drug-likeness (QED) is 0.571. The molecule has 0 amide bonds. The monoisotopic (exact) mass is 195 g/mol. The molecule has 0 radical (unpaired) electrons. The van der Waals surface area contributed by atoms with Gasteiger partial charge in [0.1, 0.15) is 0 Å². The fraction of sp³-hybridized carbons (Fsp3) is 0.300. The van der Waals surface area contributed by atoms with E-state index < -0.39 is 0 Å².